The maximum absolute atomic E-state index is 10.4. The average Bonchev–Trinajstić information content (AvgIpc) is 2.38. The molecule has 3 nitrogen and oxygen atoms in total. The molecule has 0 N–H and O–H groups in total. The number of fused-ring (bicyclic) bond motifs is 1. The minimum Gasteiger partial charge on any atom is -0.463 e. The van der Waals surface area contributed by atoms with Crippen LogP contribution in [0.4, 0.5) is 0 Å². The van der Waals surface area contributed by atoms with Crippen LogP contribution in [-0.2, 0) is 16.1 Å². The van der Waals surface area contributed by atoms with Crippen molar-refractivity contribution in [2.45, 2.75) is 26.4 Å². The molecule has 0 amide bonds. The topological polar surface area (TPSA) is 39.2 Å². The Hall–Kier alpha value is -1.13. The Bertz CT molecular complexity index is 628. The van der Waals surface area contributed by atoms with Gasteiger partial charge in [-0.25, -0.2) is 0 Å². The molecule has 0 radical (unpaired) electrons. The molecule has 2 aromatic rings. The third-order valence-electron chi connectivity index (χ3n) is 2.85. The van der Waals surface area contributed by atoms with Gasteiger partial charge >= 0.3 is 0 Å². The van der Waals surface area contributed by atoms with Crippen LogP contribution in [0.5, 0.6) is 0 Å². The zero-order chi connectivity index (χ0) is 14.0. The molecule has 0 aliphatic carbocycles. The van der Waals surface area contributed by atoms with Gasteiger partial charge in [0.2, 0.25) is 0 Å². The zero-order valence-electron chi connectivity index (χ0n) is 10.6. The van der Waals surface area contributed by atoms with Gasteiger partial charge in [0, 0.05) is 20.4 Å². The number of hydrogen-bond acceptors (Lipinski definition) is 3. The summed E-state index contributed by atoms with van der Waals surface area (Å²) in [7, 11) is 0. The van der Waals surface area contributed by atoms with Crippen LogP contribution in [0.2, 0.25) is 5.02 Å². The van der Waals surface area contributed by atoms with Gasteiger partial charge in [-0.2, -0.15) is 0 Å². The normalized spacial score (nSPS) is 11.0. The van der Waals surface area contributed by atoms with Crippen molar-refractivity contribution in [3.8, 4) is 0 Å². The highest BCUT2D eigenvalue weighted by atomic mass is 79.9. The number of benzene rings is 1. The molecule has 0 fully saturated rings. The standard InChI is InChI=1S/C14H13BrClNO2/c1-8(2)14-11(6-19-7-18)13(15)10-5-9(16)3-4-12(10)17-14/h3-5,7-8H,6H2,1-2H3. The molecule has 0 saturated carbocycles. The van der Waals surface area contributed by atoms with Crippen molar-refractivity contribution in [1.29, 1.82) is 0 Å². The molecule has 0 atom stereocenters. The first-order chi connectivity index (χ1) is 9.04. The van der Waals surface area contributed by atoms with E-state index in [4.69, 9.17) is 16.3 Å². The fourth-order valence-electron chi connectivity index (χ4n) is 1.99. The molecular formula is C14H13BrClNO2. The van der Waals surface area contributed by atoms with E-state index in [9.17, 15) is 4.79 Å². The zero-order valence-corrected chi connectivity index (χ0v) is 13.0. The summed E-state index contributed by atoms with van der Waals surface area (Å²) in [4.78, 5) is 15.1. The predicted octanol–water partition coefficient (Wildman–Crippen LogP) is 4.45. The van der Waals surface area contributed by atoms with E-state index in [1.165, 1.54) is 0 Å². The van der Waals surface area contributed by atoms with E-state index in [-0.39, 0.29) is 12.5 Å². The molecule has 0 saturated heterocycles. The number of rotatable bonds is 4. The van der Waals surface area contributed by atoms with E-state index in [0.29, 0.717) is 11.5 Å². The van der Waals surface area contributed by atoms with Crippen LogP contribution < -0.4 is 0 Å². The predicted molar refractivity (Wildman–Crippen MR) is 79.4 cm³/mol. The maximum atomic E-state index is 10.4. The molecule has 100 valence electrons. The quantitative estimate of drug-likeness (QED) is 0.771. The lowest BCUT2D eigenvalue weighted by atomic mass is 10.0. The fourth-order valence-corrected chi connectivity index (χ4v) is 2.79. The van der Waals surface area contributed by atoms with Crippen LogP contribution in [0.25, 0.3) is 10.9 Å². The van der Waals surface area contributed by atoms with Gasteiger partial charge in [-0.1, -0.05) is 25.4 Å². The van der Waals surface area contributed by atoms with E-state index >= 15 is 0 Å². The minimum absolute atomic E-state index is 0.201. The maximum Gasteiger partial charge on any atom is 0.293 e. The monoisotopic (exact) mass is 341 g/mol. The van der Waals surface area contributed by atoms with Gasteiger partial charge in [-0.15, -0.1) is 0 Å². The lowest BCUT2D eigenvalue weighted by molar-refractivity contribution is -0.129. The number of aromatic nitrogens is 1. The van der Waals surface area contributed by atoms with Crippen molar-refractivity contribution in [1.82, 2.24) is 4.98 Å². The van der Waals surface area contributed by atoms with Crippen molar-refractivity contribution in [2.24, 2.45) is 0 Å². The summed E-state index contributed by atoms with van der Waals surface area (Å²) in [6.45, 7) is 4.76. The molecule has 0 unspecified atom stereocenters. The van der Waals surface area contributed by atoms with Gasteiger partial charge in [-0.3, -0.25) is 9.78 Å². The summed E-state index contributed by atoms with van der Waals surface area (Å²) in [6, 6.07) is 5.55. The smallest absolute Gasteiger partial charge is 0.293 e. The summed E-state index contributed by atoms with van der Waals surface area (Å²) >= 11 is 9.58. The number of carbonyl (C=O) groups is 1. The SMILES string of the molecule is CC(C)c1nc2ccc(Cl)cc2c(Br)c1COC=O. The van der Waals surface area contributed by atoms with Crippen LogP contribution >= 0.6 is 27.5 Å². The second-order valence-electron chi connectivity index (χ2n) is 4.51. The number of carbonyl (C=O) groups excluding carboxylic acids is 1. The average molecular weight is 343 g/mol. The molecular weight excluding hydrogens is 330 g/mol. The molecule has 2 rings (SSSR count). The summed E-state index contributed by atoms with van der Waals surface area (Å²) < 4.78 is 5.77. The third kappa shape index (κ3) is 2.90. The molecule has 1 aromatic heterocycles. The number of ether oxygens (including phenoxy) is 1. The Labute approximate surface area is 125 Å². The second kappa shape index (κ2) is 5.88. The van der Waals surface area contributed by atoms with Crippen molar-refractivity contribution in [2.75, 3.05) is 0 Å². The van der Waals surface area contributed by atoms with Gasteiger partial charge < -0.3 is 4.74 Å². The lowest BCUT2D eigenvalue weighted by Crippen LogP contribution is -2.04. The molecule has 0 aliphatic heterocycles. The highest BCUT2D eigenvalue weighted by Crippen LogP contribution is 2.33. The minimum atomic E-state index is 0.201. The van der Waals surface area contributed by atoms with Gasteiger partial charge in [0.1, 0.15) is 6.61 Å². The van der Waals surface area contributed by atoms with Gasteiger partial charge in [-0.05, 0) is 40.0 Å². The van der Waals surface area contributed by atoms with E-state index in [1.54, 1.807) is 0 Å². The second-order valence-corrected chi connectivity index (χ2v) is 5.74. The van der Waals surface area contributed by atoms with Gasteiger partial charge in [0.25, 0.3) is 6.47 Å². The van der Waals surface area contributed by atoms with E-state index < -0.39 is 0 Å². The van der Waals surface area contributed by atoms with Crippen LogP contribution in [0.3, 0.4) is 0 Å². The molecule has 0 bridgehead atoms. The largest absolute Gasteiger partial charge is 0.463 e. The number of nitrogens with zero attached hydrogens (tertiary/aromatic N) is 1. The summed E-state index contributed by atoms with van der Waals surface area (Å²) in [5.41, 5.74) is 2.68. The van der Waals surface area contributed by atoms with Gasteiger partial charge in [0.15, 0.2) is 0 Å². The lowest BCUT2D eigenvalue weighted by Gasteiger charge is -2.15. The first kappa shape index (κ1) is 14.3. The van der Waals surface area contributed by atoms with Crippen molar-refractivity contribution in [3.05, 3.63) is 39.0 Å². The Morgan fingerprint density at radius 2 is 2.21 bits per heavy atom. The van der Waals surface area contributed by atoms with Crippen molar-refractivity contribution < 1.29 is 9.53 Å². The summed E-state index contributed by atoms with van der Waals surface area (Å²) in [5.74, 6) is 0.238. The fraction of sp³-hybridized carbons (Fsp3) is 0.286. The number of hydrogen-bond donors (Lipinski definition) is 0. The Morgan fingerprint density at radius 1 is 1.47 bits per heavy atom. The molecule has 0 spiro atoms. The molecule has 0 aliphatic rings. The van der Waals surface area contributed by atoms with E-state index in [0.717, 1.165) is 26.6 Å². The van der Waals surface area contributed by atoms with Crippen molar-refractivity contribution in [3.63, 3.8) is 0 Å². The van der Waals surface area contributed by atoms with Crippen LogP contribution in [0, 0.1) is 0 Å². The molecule has 19 heavy (non-hydrogen) atoms. The summed E-state index contributed by atoms with van der Waals surface area (Å²) in [5, 5.41) is 1.57. The Morgan fingerprint density at radius 3 is 2.84 bits per heavy atom. The van der Waals surface area contributed by atoms with Crippen LogP contribution in [-0.4, -0.2) is 11.5 Å². The van der Waals surface area contributed by atoms with E-state index in [2.05, 4.69) is 34.8 Å². The molecule has 1 aromatic carbocycles. The number of pyridine rings is 1. The van der Waals surface area contributed by atoms with Crippen LogP contribution in [0.15, 0.2) is 22.7 Å². The van der Waals surface area contributed by atoms with E-state index in [1.807, 2.05) is 18.2 Å². The molecule has 1 heterocycles. The van der Waals surface area contributed by atoms with Gasteiger partial charge in [0.05, 0.1) is 11.2 Å². The van der Waals surface area contributed by atoms with Crippen LogP contribution in [0.1, 0.15) is 31.0 Å². The van der Waals surface area contributed by atoms with Crippen molar-refractivity contribution >= 4 is 44.9 Å². The first-order valence-electron chi connectivity index (χ1n) is 5.87. The number of halogens is 2. The Kier molecular flexibility index (Phi) is 4.42. The third-order valence-corrected chi connectivity index (χ3v) is 3.99. The molecule has 5 heteroatoms. The highest BCUT2D eigenvalue weighted by Gasteiger charge is 2.16. The first-order valence-corrected chi connectivity index (χ1v) is 7.04. The Balaban J connectivity index is 2.70. The summed E-state index contributed by atoms with van der Waals surface area (Å²) in [6.07, 6.45) is 0. The highest BCUT2D eigenvalue weighted by molar-refractivity contribution is 9.10.